The highest BCUT2D eigenvalue weighted by Gasteiger charge is 2.18. The molecule has 0 amide bonds. The number of tetrazole rings is 1. The summed E-state index contributed by atoms with van der Waals surface area (Å²) in [6, 6.07) is 9.88. The lowest BCUT2D eigenvalue weighted by Crippen LogP contribution is -2.22. The summed E-state index contributed by atoms with van der Waals surface area (Å²) in [7, 11) is 0. The molecule has 4 nitrogen and oxygen atoms in total. The summed E-state index contributed by atoms with van der Waals surface area (Å²) < 4.78 is 0. The van der Waals surface area contributed by atoms with Crippen LogP contribution in [0.2, 0.25) is 0 Å². The van der Waals surface area contributed by atoms with Gasteiger partial charge in [-0.05, 0) is 10.6 Å². The Labute approximate surface area is 109 Å². The minimum absolute atomic E-state index is 0.120. The van der Waals surface area contributed by atoms with Gasteiger partial charge in [0.15, 0.2) is 0 Å². The fraction of sp³-hybridized carbons (Fsp3) is 0.417. The topological polar surface area (TPSA) is 43.6 Å². The number of rotatable bonds is 4. The van der Waals surface area contributed by atoms with Crippen molar-refractivity contribution in [2.45, 2.75) is 20.4 Å². The van der Waals surface area contributed by atoms with Gasteiger partial charge in [0, 0.05) is 10.9 Å². The van der Waals surface area contributed by atoms with E-state index in [4.69, 9.17) is 0 Å². The largest absolute Gasteiger partial charge is 0.204 e. The number of halogens is 1. The quantitative estimate of drug-likeness (QED) is 0.815. The molecule has 0 aliphatic heterocycles. The number of hydrogen-bond donors (Lipinski definition) is 0. The monoisotopic (exact) mass is 294 g/mol. The molecule has 1 aromatic heterocycles. The van der Waals surface area contributed by atoms with Crippen molar-refractivity contribution < 1.29 is 0 Å². The zero-order chi connectivity index (χ0) is 12.3. The van der Waals surface area contributed by atoms with Gasteiger partial charge in [0.1, 0.15) is 0 Å². The molecule has 0 saturated heterocycles. The molecule has 17 heavy (non-hydrogen) atoms. The van der Waals surface area contributed by atoms with Crippen LogP contribution in [0.5, 0.6) is 0 Å². The van der Waals surface area contributed by atoms with E-state index in [9.17, 15) is 0 Å². The molecule has 0 N–H and O–H groups in total. The van der Waals surface area contributed by atoms with Crippen LogP contribution in [0.1, 0.15) is 13.8 Å². The Hall–Kier alpha value is -1.23. The van der Waals surface area contributed by atoms with Gasteiger partial charge in [-0.15, -0.1) is 10.2 Å². The third-order valence-corrected chi connectivity index (χ3v) is 3.93. The summed E-state index contributed by atoms with van der Waals surface area (Å²) in [4.78, 5) is 1.66. The molecule has 1 aromatic carbocycles. The number of nitrogens with zero attached hydrogens (tertiary/aromatic N) is 4. The summed E-state index contributed by atoms with van der Waals surface area (Å²) in [5.41, 5.74) is 1.12. The van der Waals surface area contributed by atoms with Gasteiger partial charge in [-0.1, -0.05) is 60.1 Å². The Morgan fingerprint density at radius 3 is 2.59 bits per heavy atom. The molecule has 0 atom stereocenters. The minimum Gasteiger partial charge on any atom is -0.163 e. The van der Waals surface area contributed by atoms with Crippen LogP contribution in [-0.4, -0.2) is 25.5 Å². The first-order valence-corrected chi connectivity index (χ1v) is 6.62. The molecular weight excluding hydrogens is 280 g/mol. The first-order valence-electron chi connectivity index (χ1n) is 5.50. The first-order chi connectivity index (χ1) is 8.11. The van der Waals surface area contributed by atoms with Crippen molar-refractivity contribution in [3.8, 4) is 11.4 Å². The maximum absolute atomic E-state index is 4.39. The normalized spacial score (nSPS) is 11.7. The highest BCUT2D eigenvalue weighted by Crippen LogP contribution is 2.20. The van der Waals surface area contributed by atoms with E-state index >= 15 is 0 Å². The molecule has 0 saturated carbocycles. The van der Waals surface area contributed by atoms with Crippen LogP contribution in [-0.2, 0) is 6.54 Å². The van der Waals surface area contributed by atoms with Gasteiger partial charge in [0.05, 0.1) is 6.54 Å². The van der Waals surface area contributed by atoms with Crippen molar-refractivity contribution in [2.75, 3.05) is 5.33 Å². The third-order valence-electron chi connectivity index (χ3n) is 2.42. The van der Waals surface area contributed by atoms with Crippen LogP contribution in [0.4, 0.5) is 0 Å². The van der Waals surface area contributed by atoms with E-state index in [0.717, 1.165) is 17.4 Å². The van der Waals surface area contributed by atoms with Crippen LogP contribution in [0.25, 0.3) is 11.4 Å². The van der Waals surface area contributed by atoms with Gasteiger partial charge in [0.2, 0.25) is 5.82 Å². The van der Waals surface area contributed by atoms with E-state index in [2.05, 4.69) is 45.2 Å². The second-order valence-electron chi connectivity index (χ2n) is 4.81. The molecule has 0 bridgehead atoms. The fourth-order valence-electron chi connectivity index (χ4n) is 1.44. The standard InChI is InChI=1S/C12H15BrN4/c1-12(2,8-13)9-17-15-11(14-16-17)10-6-4-3-5-7-10/h3-7H,8-9H2,1-2H3. The van der Waals surface area contributed by atoms with Gasteiger partial charge in [0.25, 0.3) is 0 Å². The Bertz CT molecular complexity index is 478. The Kier molecular flexibility index (Phi) is 3.57. The second-order valence-corrected chi connectivity index (χ2v) is 5.37. The average Bonchev–Trinajstić information content (AvgIpc) is 2.78. The SMILES string of the molecule is CC(C)(CBr)Cn1nnc(-c2ccccc2)n1. The zero-order valence-corrected chi connectivity index (χ0v) is 11.6. The number of aromatic nitrogens is 4. The fourth-order valence-corrected chi connectivity index (χ4v) is 1.62. The van der Waals surface area contributed by atoms with Gasteiger partial charge in [-0.3, -0.25) is 0 Å². The lowest BCUT2D eigenvalue weighted by atomic mass is 9.97. The van der Waals surface area contributed by atoms with Crippen LogP contribution in [0.15, 0.2) is 30.3 Å². The summed E-state index contributed by atoms with van der Waals surface area (Å²) >= 11 is 3.49. The molecule has 0 aliphatic rings. The van der Waals surface area contributed by atoms with Gasteiger partial charge >= 0.3 is 0 Å². The van der Waals surface area contributed by atoms with Gasteiger partial charge in [-0.2, -0.15) is 4.80 Å². The van der Waals surface area contributed by atoms with Crippen molar-refractivity contribution in [3.05, 3.63) is 30.3 Å². The lowest BCUT2D eigenvalue weighted by Gasteiger charge is -2.19. The predicted molar refractivity (Wildman–Crippen MR) is 70.8 cm³/mol. The summed E-state index contributed by atoms with van der Waals surface area (Å²) in [5.74, 6) is 0.677. The molecular formula is C12H15BrN4. The van der Waals surface area contributed by atoms with E-state index in [1.807, 2.05) is 30.3 Å². The van der Waals surface area contributed by atoms with Crippen LogP contribution >= 0.6 is 15.9 Å². The number of benzene rings is 1. The third kappa shape index (κ3) is 3.12. The van der Waals surface area contributed by atoms with Crippen LogP contribution < -0.4 is 0 Å². The molecule has 5 heteroatoms. The van der Waals surface area contributed by atoms with Crippen molar-refractivity contribution in [1.82, 2.24) is 20.2 Å². The maximum Gasteiger partial charge on any atom is 0.204 e. The molecule has 90 valence electrons. The van der Waals surface area contributed by atoms with Gasteiger partial charge < -0.3 is 0 Å². The highest BCUT2D eigenvalue weighted by atomic mass is 79.9. The van der Waals surface area contributed by atoms with Crippen molar-refractivity contribution in [3.63, 3.8) is 0 Å². The van der Waals surface area contributed by atoms with Crippen LogP contribution in [0, 0.1) is 5.41 Å². The molecule has 0 radical (unpaired) electrons. The first kappa shape index (κ1) is 12.2. The predicted octanol–water partition coefficient (Wildman–Crippen LogP) is 2.76. The Balaban J connectivity index is 2.17. The maximum atomic E-state index is 4.39. The second kappa shape index (κ2) is 4.96. The van der Waals surface area contributed by atoms with E-state index in [1.54, 1.807) is 4.80 Å². The molecule has 0 fully saturated rings. The number of hydrogen-bond acceptors (Lipinski definition) is 3. The van der Waals surface area contributed by atoms with Crippen molar-refractivity contribution >= 4 is 15.9 Å². The van der Waals surface area contributed by atoms with E-state index in [0.29, 0.717) is 5.82 Å². The molecule has 0 aliphatic carbocycles. The average molecular weight is 295 g/mol. The Morgan fingerprint density at radius 1 is 1.24 bits per heavy atom. The molecule has 1 heterocycles. The van der Waals surface area contributed by atoms with E-state index in [1.165, 1.54) is 0 Å². The summed E-state index contributed by atoms with van der Waals surface area (Å²) in [6.45, 7) is 5.07. The summed E-state index contributed by atoms with van der Waals surface area (Å²) in [5, 5.41) is 13.4. The summed E-state index contributed by atoms with van der Waals surface area (Å²) in [6.07, 6.45) is 0. The van der Waals surface area contributed by atoms with E-state index in [-0.39, 0.29) is 5.41 Å². The smallest absolute Gasteiger partial charge is 0.163 e. The van der Waals surface area contributed by atoms with Crippen molar-refractivity contribution in [1.29, 1.82) is 0 Å². The number of alkyl halides is 1. The lowest BCUT2D eigenvalue weighted by molar-refractivity contribution is 0.308. The minimum atomic E-state index is 0.120. The molecule has 2 aromatic rings. The molecule has 2 rings (SSSR count). The zero-order valence-electron chi connectivity index (χ0n) is 9.97. The van der Waals surface area contributed by atoms with Gasteiger partial charge in [-0.25, -0.2) is 0 Å². The van der Waals surface area contributed by atoms with E-state index < -0.39 is 0 Å². The van der Waals surface area contributed by atoms with Crippen LogP contribution in [0.3, 0.4) is 0 Å². The Morgan fingerprint density at radius 2 is 1.94 bits per heavy atom. The van der Waals surface area contributed by atoms with Crippen molar-refractivity contribution in [2.24, 2.45) is 5.41 Å². The molecule has 0 unspecified atom stereocenters. The molecule has 0 spiro atoms. The highest BCUT2D eigenvalue weighted by molar-refractivity contribution is 9.09.